The number of morpholine rings is 1. The molecule has 0 radical (unpaired) electrons. The minimum atomic E-state index is -0.471. The molecule has 2 rings (SSSR count). The molecule has 0 bridgehead atoms. The molecule has 0 spiro atoms. The molecule has 0 N–H and O–H groups in total. The van der Waals surface area contributed by atoms with Crippen LogP contribution in [0.2, 0.25) is 0 Å². The van der Waals surface area contributed by atoms with Crippen molar-refractivity contribution >= 4 is 11.9 Å². The van der Waals surface area contributed by atoms with Gasteiger partial charge >= 0.3 is 5.97 Å². The fourth-order valence-corrected chi connectivity index (χ4v) is 1.80. The van der Waals surface area contributed by atoms with Crippen LogP contribution in [-0.4, -0.2) is 49.7 Å². The number of unbranched alkanes of at least 4 members (excludes halogenated alkanes) is 1. The van der Waals surface area contributed by atoms with Gasteiger partial charge < -0.3 is 14.4 Å². The second-order valence-corrected chi connectivity index (χ2v) is 5.44. The van der Waals surface area contributed by atoms with Gasteiger partial charge in [0, 0.05) is 13.1 Å². The first-order chi connectivity index (χ1) is 11.1. The predicted molar refractivity (Wildman–Crippen MR) is 89.4 cm³/mol. The van der Waals surface area contributed by atoms with E-state index >= 15 is 0 Å². The third kappa shape index (κ3) is 7.28. The van der Waals surface area contributed by atoms with Crippen LogP contribution in [-0.2, 0) is 14.3 Å². The molecule has 0 aromatic heterocycles. The lowest BCUT2D eigenvalue weighted by Gasteiger charge is -2.26. The Labute approximate surface area is 138 Å². The lowest BCUT2D eigenvalue weighted by atomic mass is 10.1. The first kappa shape index (κ1) is 19.2. The highest BCUT2D eigenvalue weighted by Gasteiger charge is 2.18. The van der Waals surface area contributed by atoms with Crippen LogP contribution in [0.4, 0.5) is 0 Å². The number of rotatable bonds is 4. The Morgan fingerprint density at radius 3 is 2.17 bits per heavy atom. The van der Waals surface area contributed by atoms with Gasteiger partial charge in [0.25, 0.3) is 5.91 Å². The topological polar surface area (TPSA) is 55.8 Å². The molecule has 1 aliphatic rings. The van der Waals surface area contributed by atoms with Gasteiger partial charge in [0.05, 0.1) is 18.8 Å². The maximum absolute atomic E-state index is 11.8. The van der Waals surface area contributed by atoms with E-state index in [9.17, 15) is 9.59 Å². The molecule has 5 nitrogen and oxygen atoms in total. The molecule has 0 aliphatic carbocycles. The number of amides is 1. The van der Waals surface area contributed by atoms with Crippen LogP contribution in [0, 0.1) is 6.92 Å². The Morgan fingerprint density at radius 2 is 1.65 bits per heavy atom. The summed E-state index contributed by atoms with van der Waals surface area (Å²) in [6.45, 7) is 8.28. The van der Waals surface area contributed by atoms with E-state index in [-0.39, 0.29) is 12.5 Å². The van der Waals surface area contributed by atoms with Crippen LogP contribution in [0.15, 0.2) is 24.3 Å². The third-order valence-electron chi connectivity index (χ3n) is 3.48. The van der Waals surface area contributed by atoms with Crippen LogP contribution >= 0.6 is 0 Å². The zero-order chi connectivity index (χ0) is 17.1. The number of benzene rings is 1. The Hall–Kier alpha value is -1.88. The number of nitrogens with zero attached hydrogens (tertiary/aromatic N) is 1. The average molecular weight is 321 g/mol. The van der Waals surface area contributed by atoms with Gasteiger partial charge in [0.1, 0.15) is 0 Å². The lowest BCUT2D eigenvalue weighted by Crippen LogP contribution is -2.42. The first-order valence-electron chi connectivity index (χ1n) is 8.17. The molecule has 0 unspecified atom stereocenters. The van der Waals surface area contributed by atoms with Crippen molar-refractivity contribution in [3.05, 3.63) is 35.4 Å². The SMILES string of the molecule is CCCC.Cc1ccc(C(=O)OCC(=O)N2CCOCC2)cc1. The number of carbonyl (C=O) groups is 2. The number of aryl methyl sites for hydroxylation is 1. The zero-order valence-corrected chi connectivity index (χ0v) is 14.3. The highest BCUT2D eigenvalue weighted by atomic mass is 16.5. The monoisotopic (exact) mass is 321 g/mol. The summed E-state index contributed by atoms with van der Waals surface area (Å²) < 4.78 is 10.2. The molecule has 5 heteroatoms. The molecular weight excluding hydrogens is 294 g/mol. The van der Waals surface area contributed by atoms with Gasteiger partial charge in [-0.15, -0.1) is 0 Å². The second-order valence-electron chi connectivity index (χ2n) is 5.44. The maximum Gasteiger partial charge on any atom is 0.338 e. The van der Waals surface area contributed by atoms with Crippen LogP contribution in [0.1, 0.15) is 42.6 Å². The minimum Gasteiger partial charge on any atom is -0.452 e. The molecule has 1 heterocycles. The van der Waals surface area contributed by atoms with E-state index < -0.39 is 5.97 Å². The number of esters is 1. The van der Waals surface area contributed by atoms with Crippen molar-refractivity contribution in [1.82, 2.24) is 4.90 Å². The van der Waals surface area contributed by atoms with Crippen molar-refractivity contribution in [3.8, 4) is 0 Å². The van der Waals surface area contributed by atoms with Gasteiger partial charge in [0.15, 0.2) is 6.61 Å². The van der Waals surface area contributed by atoms with Gasteiger partial charge in [-0.25, -0.2) is 4.79 Å². The molecule has 1 aromatic rings. The summed E-state index contributed by atoms with van der Waals surface area (Å²) in [6, 6.07) is 7.05. The molecule has 1 aliphatic heterocycles. The zero-order valence-electron chi connectivity index (χ0n) is 14.3. The highest BCUT2D eigenvalue weighted by Crippen LogP contribution is 2.05. The van der Waals surface area contributed by atoms with Crippen molar-refractivity contribution in [2.45, 2.75) is 33.6 Å². The van der Waals surface area contributed by atoms with E-state index in [1.807, 2.05) is 19.1 Å². The van der Waals surface area contributed by atoms with E-state index in [2.05, 4.69) is 13.8 Å². The number of hydrogen-bond donors (Lipinski definition) is 0. The van der Waals surface area contributed by atoms with Crippen molar-refractivity contribution in [1.29, 1.82) is 0 Å². The largest absolute Gasteiger partial charge is 0.452 e. The third-order valence-corrected chi connectivity index (χ3v) is 3.48. The van der Waals surface area contributed by atoms with Crippen molar-refractivity contribution in [2.24, 2.45) is 0 Å². The Morgan fingerprint density at radius 1 is 1.09 bits per heavy atom. The summed E-state index contributed by atoms with van der Waals surface area (Å²) in [5, 5.41) is 0. The smallest absolute Gasteiger partial charge is 0.338 e. The fourth-order valence-electron chi connectivity index (χ4n) is 1.80. The lowest BCUT2D eigenvalue weighted by molar-refractivity contribution is -0.138. The van der Waals surface area contributed by atoms with E-state index in [4.69, 9.17) is 9.47 Å². The first-order valence-corrected chi connectivity index (χ1v) is 8.17. The molecule has 0 saturated carbocycles. The fraction of sp³-hybridized carbons (Fsp3) is 0.556. The molecule has 1 amide bonds. The van der Waals surface area contributed by atoms with Gasteiger partial charge in [-0.2, -0.15) is 0 Å². The molecular formula is C18H27NO4. The molecule has 0 atom stereocenters. The van der Waals surface area contributed by atoms with Crippen molar-refractivity contribution in [2.75, 3.05) is 32.9 Å². The van der Waals surface area contributed by atoms with Gasteiger partial charge in [-0.1, -0.05) is 44.4 Å². The Kier molecular flexibility index (Phi) is 8.98. The quantitative estimate of drug-likeness (QED) is 0.800. The molecule has 1 aromatic carbocycles. The van der Waals surface area contributed by atoms with Gasteiger partial charge in [-0.05, 0) is 19.1 Å². The molecule has 1 fully saturated rings. The summed E-state index contributed by atoms with van der Waals surface area (Å²) >= 11 is 0. The van der Waals surface area contributed by atoms with Crippen LogP contribution in [0.5, 0.6) is 0 Å². The highest BCUT2D eigenvalue weighted by molar-refractivity contribution is 5.91. The second kappa shape index (κ2) is 10.8. The summed E-state index contributed by atoms with van der Waals surface area (Å²) in [5.74, 6) is -0.648. The Bertz CT molecular complexity index is 476. The summed E-state index contributed by atoms with van der Waals surface area (Å²) in [7, 11) is 0. The summed E-state index contributed by atoms with van der Waals surface area (Å²) in [4.78, 5) is 25.2. The van der Waals surface area contributed by atoms with Gasteiger partial charge in [0.2, 0.25) is 0 Å². The van der Waals surface area contributed by atoms with Crippen molar-refractivity contribution < 1.29 is 19.1 Å². The standard InChI is InChI=1S/C14H17NO4.C4H10/c1-11-2-4-12(5-3-11)14(17)19-10-13(16)15-6-8-18-9-7-15;1-3-4-2/h2-5H,6-10H2,1H3;3-4H2,1-2H3. The van der Waals surface area contributed by atoms with Crippen LogP contribution in [0.25, 0.3) is 0 Å². The normalized spacial score (nSPS) is 13.8. The van der Waals surface area contributed by atoms with E-state index in [1.54, 1.807) is 17.0 Å². The van der Waals surface area contributed by atoms with E-state index in [0.717, 1.165) is 5.56 Å². The predicted octanol–water partition coefficient (Wildman–Crippen LogP) is 2.82. The number of ether oxygens (including phenoxy) is 2. The van der Waals surface area contributed by atoms with Crippen LogP contribution < -0.4 is 0 Å². The molecule has 1 saturated heterocycles. The average Bonchev–Trinajstić information content (AvgIpc) is 2.61. The van der Waals surface area contributed by atoms with E-state index in [0.29, 0.717) is 31.9 Å². The summed E-state index contributed by atoms with van der Waals surface area (Å²) in [6.07, 6.45) is 2.64. The van der Waals surface area contributed by atoms with E-state index in [1.165, 1.54) is 12.8 Å². The maximum atomic E-state index is 11.8. The Balaban J connectivity index is 0.000000593. The van der Waals surface area contributed by atoms with Gasteiger partial charge in [-0.3, -0.25) is 4.79 Å². The number of hydrogen-bond acceptors (Lipinski definition) is 4. The molecule has 23 heavy (non-hydrogen) atoms. The van der Waals surface area contributed by atoms with Crippen molar-refractivity contribution in [3.63, 3.8) is 0 Å². The summed E-state index contributed by atoms with van der Waals surface area (Å²) in [5.41, 5.74) is 1.53. The minimum absolute atomic E-state index is 0.177. The number of carbonyl (C=O) groups excluding carboxylic acids is 2. The molecule has 128 valence electrons. The van der Waals surface area contributed by atoms with Crippen LogP contribution in [0.3, 0.4) is 0 Å².